The van der Waals surface area contributed by atoms with Crippen LogP contribution < -0.4 is 9.62 Å². The molecule has 2 rings (SSSR count). The zero-order valence-electron chi connectivity index (χ0n) is 20.3. The van der Waals surface area contributed by atoms with Crippen molar-refractivity contribution >= 4 is 27.5 Å². The fraction of sp³-hybridized carbons (Fsp3) is 0.417. The van der Waals surface area contributed by atoms with Crippen molar-refractivity contribution in [1.82, 2.24) is 10.2 Å². The smallest absolute Gasteiger partial charge is 0.354 e. The number of amides is 2. The summed E-state index contributed by atoms with van der Waals surface area (Å²) in [6.07, 6.45) is -3.95. The Morgan fingerprint density at radius 2 is 1.64 bits per heavy atom. The van der Waals surface area contributed by atoms with E-state index >= 15 is 0 Å². The SMILES string of the molecule is CC(C)CNC(=O)C(C)N(Cc1ccc(F)cc1)C(=O)CN(c1cccc(C(F)(F)F)c1)S(C)(=O)=O. The van der Waals surface area contributed by atoms with Crippen LogP contribution in [0.1, 0.15) is 31.9 Å². The molecule has 7 nitrogen and oxygen atoms in total. The minimum Gasteiger partial charge on any atom is -0.354 e. The minimum absolute atomic E-state index is 0.129. The zero-order valence-corrected chi connectivity index (χ0v) is 21.2. The second kappa shape index (κ2) is 11.7. The molecule has 2 amide bonds. The summed E-state index contributed by atoms with van der Waals surface area (Å²) in [5, 5.41) is 2.70. The van der Waals surface area contributed by atoms with Gasteiger partial charge >= 0.3 is 6.18 Å². The second-order valence-electron chi connectivity index (χ2n) is 8.78. The molecule has 0 saturated heterocycles. The number of rotatable bonds is 10. The summed E-state index contributed by atoms with van der Waals surface area (Å²) in [6.45, 7) is 4.54. The Morgan fingerprint density at radius 3 is 2.17 bits per heavy atom. The number of carbonyl (C=O) groups is 2. The van der Waals surface area contributed by atoms with Crippen LogP contribution in [-0.2, 0) is 32.3 Å². The molecule has 2 aromatic carbocycles. The molecule has 0 aliphatic rings. The molecular formula is C24H29F4N3O4S. The first-order chi connectivity index (χ1) is 16.6. The molecule has 0 bridgehead atoms. The van der Waals surface area contributed by atoms with E-state index in [0.717, 1.165) is 29.4 Å². The van der Waals surface area contributed by atoms with Gasteiger partial charge in [-0.1, -0.05) is 32.0 Å². The van der Waals surface area contributed by atoms with Gasteiger partial charge in [0.1, 0.15) is 18.4 Å². The number of nitrogens with one attached hydrogen (secondary N) is 1. The maximum Gasteiger partial charge on any atom is 0.416 e. The number of alkyl halides is 3. The van der Waals surface area contributed by atoms with Crippen molar-refractivity contribution < 1.29 is 35.6 Å². The highest BCUT2D eigenvalue weighted by Gasteiger charge is 2.33. The maximum atomic E-state index is 13.4. The van der Waals surface area contributed by atoms with Gasteiger partial charge in [0.05, 0.1) is 17.5 Å². The van der Waals surface area contributed by atoms with E-state index in [1.165, 1.54) is 31.2 Å². The Bertz CT molecular complexity index is 1170. The van der Waals surface area contributed by atoms with E-state index in [9.17, 15) is 35.6 Å². The van der Waals surface area contributed by atoms with E-state index in [2.05, 4.69) is 5.32 Å². The zero-order chi connectivity index (χ0) is 27.3. The highest BCUT2D eigenvalue weighted by atomic mass is 32.2. The first kappa shape index (κ1) is 29.1. The summed E-state index contributed by atoms with van der Waals surface area (Å²) in [6, 6.07) is 7.73. The van der Waals surface area contributed by atoms with E-state index in [4.69, 9.17) is 0 Å². The van der Waals surface area contributed by atoms with Crippen LogP contribution in [0, 0.1) is 11.7 Å². The molecule has 12 heteroatoms. The van der Waals surface area contributed by atoms with Crippen molar-refractivity contribution in [3.05, 3.63) is 65.5 Å². The van der Waals surface area contributed by atoms with Gasteiger partial charge in [-0.25, -0.2) is 12.8 Å². The highest BCUT2D eigenvalue weighted by molar-refractivity contribution is 7.92. The molecule has 0 aliphatic heterocycles. The molecule has 0 fully saturated rings. The average Bonchev–Trinajstić information content (AvgIpc) is 2.78. The van der Waals surface area contributed by atoms with Crippen LogP contribution in [0.3, 0.4) is 0 Å². The lowest BCUT2D eigenvalue weighted by Gasteiger charge is -2.31. The standard InChI is InChI=1S/C24H29F4N3O4S/c1-16(2)13-29-23(33)17(3)30(14-18-8-10-20(25)11-9-18)22(32)15-31(36(4,34)35)21-7-5-6-19(12-21)24(26,27)28/h5-12,16-17H,13-15H2,1-4H3,(H,29,33). The summed E-state index contributed by atoms with van der Waals surface area (Å²) < 4.78 is 78.5. The number of hydrogen-bond acceptors (Lipinski definition) is 4. The first-order valence-corrected chi connectivity index (χ1v) is 12.9. The fourth-order valence-electron chi connectivity index (χ4n) is 3.27. The lowest BCUT2D eigenvalue weighted by molar-refractivity contribution is -0.139. The Kier molecular flexibility index (Phi) is 9.47. The van der Waals surface area contributed by atoms with E-state index < -0.39 is 52.0 Å². The van der Waals surface area contributed by atoms with Crippen LogP contribution in [0.25, 0.3) is 0 Å². The molecular weight excluding hydrogens is 502 g/mol. The fourth-order valence-corrected chi connectivity index (χ4v) is 4.11. The third-order valence-electron chi connectivity index (χ3n) is 5.26. The third-order valence-corrected chi connectivity index (χ3v) is 6.40. The normalized spacial score (nSPS) is 12.8. The van der Waals surface area contributed by atoms with Crippen LogP contribution in [0.2, 0.25) is 0 Å². The lowest BCUT2D eigenvalue weighted by atomic mass is 10.1. The quantitative estimate of drug-likeness (QED) is 0.473. The van der Waals surface area contributed by atoms with Gasteiger partial charge in [0.2, 0.25) is 21.8 Å². The summed E-state index contributed by atoms with van der Waals surface area (Å²) in [7, 11) is -4.19. The molecule has 1 unspecified atom stereocenters. The van der Waals surface area contributed by atoms with Gasteiger partial charge in [-0.2, -0.15) is 13.2 Å². The molecule has 0 saturated carbocycles. The third kappa shape index (κ3) is 8.21. The van der Waals surface area contributed by atoms with Crippen molar-refractivity contribution in [2.45, 2.75) is 39.5 Å². The molecule has 0 spiro atoms. The van der Waals surface area contributed by atoms with Crippen LogP contribution in [0.4, 0.5) is 23.2 Å². The van der Waals surface area contributed by atoms with Crippen molar-refractivity contribution in [1.29, 1.82) is 0 Å². The van der Waals surface area contributed by atoms with Crippen molar-refractivity contribution in [2.75, 3.05) is 23.7 Å². The van der Waals surface area contributed by atoms with E-state index in [-0.39, 0.29) is 18.2 Å². The lowest BCUT2D eigenvalue weighted by Crippen LogP contribution is -2.51. The van der Waals surface area contributed by atoms with Crippen molar-refractivity contribution in [2.24, 2.45) is 5.92 Å². The predicted molar refractivity (Wildman–Crippen MR) is 128 cm³/mol. The molecule has 2 aromatic rings. The Balaban J connectivity index is 2.41. The molecule has 0 heterocycles. The van der Waals surface area contributed by atoms with Gasteiger partial charge in [-0.05, 0) is 48.7 Å². The number of anilines is 1. The van der Waals surface area contributed by atoms with Crippen LogP contribution >= 0.6 is 0 Å². The van der Waals surface area contributed by atoms with Gasteiger partial charge < -0.3 is 10.2 Å². The van der Waals surface area contributed by atoms with Gasteiger partial charge in [0.25, 0.3) is 0 Å². The van der Waals surface area contributed by atoms with Crippen molar-refractivity contribution in [3.8, 4) is 0 Å². The number of hydrogen-bond donors (Lipinski definition) is 1. The summed E-state index contributed by atoms with van der Waals surface area (Å²) in [5.74, 6) is -1.70. The number of carbonyl (C=O) groups excluding carboxylic acids is 2. The predicted octanol–water partition coefficient (Wildman–Crippen LogP) is 3.80. The van der Waals surface area contributed by atoms with Crippen LogP contribution in [-0.4, -0.2) is 50.5 Å². The number of benzene rings is 2. The summed E-state index contributed by atoms with van der Waals surface area (Å²) in [4.78, 5) is 27.2. The highest BCUT2D eigenvalue weighted by Crippen LogP contribution is 2.32. The van der Waals surface area contributed by atoms with Crippen LogP contribution in [0.5, 0.6) is 0 Å². The molecule has 0 aromatic heterocycles. The first-order valence-electron chi connectivity index (χ1n) is 11.1. The summed E-state index contributed by atoms with van der Waals surface area (Å²) >= 11 is 0. The van der Waals surface area contributed by atoms with E-state index in [1.54, 1.807) is 0 Å². The van der Waals surface area contributed by atoms with Gasteiger partial charge in [0.15, 0.2) is 0 Å². The molecule has 1 N–H and O–H groups in total. The summed E-state index contributed by atoms with van der Waals surface area (Å²) in [5.41, 5.74) is -0.955. The second-order valence-corrected chi connectivity index (χ2v) is 10.7. The van der Waals surface area contributed by atoms with E-state index in [0.29, 0.717) is 22.5 Å². The largest absolute Gasteiger partial charge is 0.416 e. The van der Waals surface area contributed by atoms with E-state index in [1.807, 2.05) is 13.8 Å². The molecule has 0 aliphatic carbocycles. The van der Waals surface area contributed by atoms with Crippen LogP contribution in [0.15, 0.2) is 48.5 Å². The molecule has 36 heavy (non-hydrogen) atoms. The number of sulfonamides is 1. The monoisotopic (exact) mass is 531 g/mol. The topological polar surface area (TPSA) is 86.8 Å². The molecule has 198 valence electrons. The number of halogens is 4. The van der Waals surface area contributed by atoms with Gasteiger partial charge in [-0.3, -0.25) is 13.9 Å². The number of nitrogens with zero attached hydrogens (tertiary/aromatic N) is 2. The minimum atomic E-state index is -4.72. The Morgan fingerprint density at radius 1 is 1.03 bits per heavy atom. The van der Waals surface area contributed by atoms with Gasteiger partial charge in [-0.15, -0.1) is 0 Å². The van der Waals surface area contributed by atoms with Gasteiger partial charge in [0, 0.05) is 13.1 Å². The maximum absolute atomic E-state index is 13.4. The average molecular weight is 532 g/mol. The Labute approximate surface area is 208 Å². The molecule has 0 radical (unpaired) electrons. The molecule has 1 atom stereocenters. The Hall–Kier alpha value is -3.15. The van der Waals surface area contributed by atoms with Crippen molar-refractivity contribution in [3.63, 3.8) is 0 Å².